The molecule has 26 heavy (non-hydrogen) atoms. The molecule has 0 radical (unpaired) electrons. The molecule has 4 rings (SSSR count). The van der Waals surface area contributed by atoms with E-state index in [4.69, 9.17) is 4.98 Å². The van der Waals surface area contributed by atoms with Gasteiger partial charge < -0.3 is 5.32 Å². The summed E-state index contributed by atoms with van der Waals surface area (Å²) in [6.07, 6.45) is 4.65. The zero-order chi connectivity index (χ0) is 17.9. The van der Waals surface area contributed by atoms with Gasteiger partial charge in [0.15, 0.2) is 0 Å². The van der Waals surface area contributed by atoms with Crippen LogP contribution in [0, 0.1) is 11.8 Å². The molecule has 2 heterocycles. The number of piperidine rings is 1. The number of likely N-dealkylation sites (tertiary alicyclic amines) is 1. The molecule has 1 saturated heterocycles. The second kappa shape index (κ2) is 8.19. The van der Waals surface area contributed by atoms with Crippen molar-refractivity contribution in [1.82, 2.24) is 15.2 Å². The van der Waals surface area contributed by atoms with Gasteiger partial charge in [-0.3, -0.25) is 9.69 Å². The number of halogens is 1. The van der Waals surface area contributed by atoms with Crippen molar-refractivity contribution < 1.29 is 4.79 Å². The van der Waals surface area contributed by atoms with Crippen LogP contribution in [0.3, 0.4) is 0 Å². The van der Waals surface area contributed by atoms with Crippen LogP contribution < -0.4 is 5.32 Å². The Bertz CT molecular complexity index is 774. The van der Waals surface area contributed by atoms with Gasteiger partial charge in [0.05, 0.1) is 11.6 Å². The highest BCUT2D eigenvalue weighted by molar-refractivity contribution is 9.10. The lowest BCUT2D eigenvalue weighted by molar-refractivity contribution is -0.126. The maximum Gasteiger partial charge on any atom is 0.224 e. The smallest absolute Gasteiger partial charge is 0.224 e. The highest BCUT2D eigenvalue weighted by Gasteiger charge is 2.28. The van der Waals surface area contributed by atoms with Crippen molar-refractivity contribution in [3.63, 3.8) is 0 Å². The van der Waals surface area contributed by atoms with Gasteiger partial charge in [-0.05, 0) is 50.3 Å². The molecule has 1 aliphatic heterocycles. The standard InChI is InChI=1S/C20H24BrN3OS/c21-17-5-1-3-15(9-17)20-23-18(13-26-20)12-24-8-2-4-16(11-24)19(25)22-10-14-6-7-14/h1,3,5,9,13-14,16H,2,4,6-8,10-12H2,(H,22,25). The lowest BCUT2D eigenvalue weighted by atomic mass is 9.97. The third-order valence-electron chi connectivity index (χ3n) is 5.15. The van der Waals surface area contributed by atoms with Crippen LogP contribution in [0.4, 0.5) is 0 Å². The number of hydrogen-bond acceptors (Lipinski definition) is 4. The molecule has 2 aromatic rings. The zero-order valence-electron chi connectivity index (χ0n) is 14.8. The van der Waals surface area contributed by atoms with Crippen molar-refractivity contribution in [1.29, 1.82) is 0 Å². The van der Waals surface area contributed by atoms with Crippen LogP contribution in [-0.2, 0) is 11.3 Å². The first-order valence-electron chi connectivity index (χ1n) is 9.38. The summed E-state index contributed by atoms with van der Waals surface area (Å²) >= 11 is 5.21. The van der Waals surface area contributed by atoms with Crippen molar-refractivity contribution in [2.75, 3.05) is 19.6 Å². The normalized spacial score (nSPS) is 20.9. The molecule has 1 N–H and O–H groups in total. The van der Waals surface area contributed by atoms with E-state index in [1.807, 2.05) is 12.1 Å². The molecule has 1 atom stereocenters. The van der Waals surface area contributed by atoms with Crippen LogP contribution in [0.2, 0.25) is 0 Å². The summed E-state index contributed by atoms with van der Waals surface area (Å²) in [7, 11) is 0. The monoisotopic (exact) mass is 433 g/mol. The molecule has 2 fully saturated rings. The van der Waals surface area contributed by atoms with Gasteiger partial charge in [-0.2, -0.15) is 0 Å². The van der Waals surface area contributed by atoms with E-state index >= 15 is 0 Å². The third kappa shape index (κ3) is 4.72. The van der Waals surface area contributed by atoms with Gasteiger partial charge in [0.25, 0.3) is 0 Å². The summed E-state index contributed by atoms with van der Waals surface area (Å²) in [6, 6.07) is 8.26. The molecule has 1 saturated carbocycles. The molecule has 2 aliphatic rings. The number of nitrogens with one attached hydrogen (secondary N) is 1. The number of aromatic nitrogens is 1. The fraction of sp³-hybridized carbons (Fsp3) is 0.500. The molecule has 1 aromatic carbocycles. The summed E-state index contributed by atoms with van der Waals surface area (Å²) in [5.41, 5.74) is 2.25. The lowest BCUT2D eigenvalue weighted by Gasteiger charge is -2.31. The zero-order valence-corrected chi connectivity index (χ0v) is 17.2. The summed E-state index contributed by atoms with van der Waals surface area (Å²) in [6.45, 7) is 3.60. The second-order valence-corrected chi connectivity index (χ2v) is 9.19. The van der Waals surface area contributed by atoms with Crippen LogP contribution in [0.5, 0.6) is 0 Å². The molecule has 0 bridgehead atoms. The van der Waals surface area contributed by atoms with E-state index in [2.05, 4.69) is 43.7 Å². The number of nitrogens with zero attached hydrogens (tertiary/aromatic N) is 2. The van der Waals surface area contributed by atoms with Gasteiger partial charge in [0.1, 0.15) is 5.01 Å². The van der Waals surface area contributed by atoms with Crippen molar-refractivity contribution in [2.45, 2.75) is 32.2 Å². The van der Waals surface area contributed by atoms with Crippen molar-refractivity contribution in [3.8, 4) is 10.6 Å². The molecule has 1 unspecified atom stereocenters. The van der Waals surface area contributed by atoms with E-state index in [1.54, 1.807) is 11.3 Å². The van der Waals surface area contributed by atoms with E-state index < -0.39 is 0 Å². The summed E-state index contributed by atoms with van der Waals surface area (Å²) in [5, 5.41) is 6.34. The van der Waals surface area contributed by atoms with E-state index in [1.165, 1.54) is 12.8 Å². The molecule has 0 spiro atoms. The van der Waals surface area contributed by atoms with Crippen LogP contribution in [0.25, 0.3) is 10.6 Å². The minimum absolute atomic E-state index is 0.130. The van der Waals surface area contributed by atoms with Crippen LogP contribution in [0.15, 0.2) is 34.1 Å². The Hall–Kier alpha value is -1.24. The Morgan fingerprint density at radius 2 is 2.23 bits per heavy atom. The Labute approximate surface area is 167 Å². The number of carbonyl (C=O) groups is 1. The Morgan fingerprint density at radius 3 is 3.04 bits per heavy atom. The Balaban J connectivity index is 1.34. The van der Waals surface area contributed by atoms with Gasteiger partial charge in [0.2, 0.25) is 5.91 Å². The maximum atomic E-state index is 12.4. The van der Waals surface area contributed by atoms with E-state index in [9.17, 15) is 4.79 Å². The quantitative estimate of drug-likeness (QED) is 0.737. The highest BCUT2D eigenvalue weighted by atomic mass is 79.9. The minimum Gasteiger partial charge on any atom is -0.356 e. The Kier molecular flexibility index (Phi) is 5.72. The molecule has 1 aromatic heterocycles. The topological polar surface area (TPSA) is 45.2 Å². The van der Waals surface area contributed by atoms with Crippen molar-refractivity contribution >= 4 is 33.2 Å². The largest absolute Gasteiger partial charge is 0.356 e. The van der Waals surface area contributed by atoms with Crippen LogP contribution in [0.1, 0.15) is 31.4 Å². The van der Waals surface area contributed by atoms with Gasteiger partial charge in [-0.1, -0.05) is 28.1 Å². The maximum absolute atomic E-state index is 12.4. The fourth-order valence-electron chi connectivity index (χ4n) is 3.49. The first kappa shape index (κ1) is 18.1. The van der Waals surface area contributed by atoms with Gasteiger partial charge in [-0.15, -0.1) is 11.3 Å². The van der Waals surface area contributed by atoms with Crippen molar-refractivity contribution in [3.05, 3.63) is 39.8 Å². The predicted molar refractivity (Wildman–Crippen MR) is 109 cm³/mol. The molecule has 138 valence electrons. The van der Waals surface area contributed by atoms with E-state index in [0.717, 1.165) is 65.7 Å². The van der Waals surface area contributed by atoms with Gasteiger partial charge in [-0.25, -0.2) is 4.98 Å². The number of amides is 1. The van der Waals surface area contributed by atoms with E-state index in [0.29, 0.717) is 0 Å². The first-order chi connectivity index (χ1) is 12.7. The number of rotatable bonds is 6. The highest BCUT2D eigenvalue weighted by Crippen LogP contribution is 2.29. The summed E-state index contributed by atoms with van der Waals surface area (Å²) < 4.78 is 1.07. The first-order valence-corrected chi connectivity index (χ1v) is 11.0. The molecule has 4 nitrogen and oxygen atoms in total. The summed E-state index contributed by atoms with van der Waals surface area (Å²) in [5.74, 6) is 1.12. The van der Waals surface area contributed by atoms with Crippen molar-refractivity contribution in [2.24, 2.45) is 11.8 Å². The Morgan fingerprint density at radius 1 is 1.35 bits per heavy atom. The number of carbonyl (C=O) groups excluding carboxylic acids is 1. The second-order valence-electron chi connectivity index (χ2n) is 7.42. The fourth-order valence-corrected chi connectivity index (χ4v) is 4.69. The average Bonchev–Trinajstić information content (AvgIpc) is 3.37. The van der Waals surface area contributed by atoms with Gasteiger partial charge in [0, 0.05) is 35.1 Å². The van der Waals surface area contributed by atoms with E-state index in [-0.39, 0.29) is 11.8 Å². The molecular weight excluding hydrogens is 410 g/mol. The molecule has 1 aliphatic carbocycles. The minimum atomic E-state index is 0.130. The molecule has 1 amide bonds. The van der Waals surface area contributed by atoms with Gasteiger partial charge >= 0.3 is 0 Å². The van der Waals surface area contributed by atoms with Crippen LogP contribution >= 0.6 is 27.3 Å². The summed E-state index contributed by atoms with van der Waals surface area (Å²) in [4.78, 5) is 19.6. The van der Waals surface area contributed by atoms with Crippen LogP contribution in [-0.4, -0.2) is 35.4 Å². The number of hydrogen-bond donors (Lipinski definition) is 1. The average molecular weight is 434 g/mol. The third-order valence-corrected chi connectivity index (χ3v) is 6.58. The molecule has 6 heteroatoms. The molecular formula is C20H24BrN3OS. The lowest BCUT2D eigenvalue weighted by Crippen LogP contribution is -2.43. The SMILES string of the molecule is O=C(NCC1CC1)C1CCCN(Cc2csc(-c3cccc(Br)c3)n2)C1. The number of benzene rings is 1. The number of thiazole rings is 1. The predicted octanol–water partition coefficient (Wildman–Crippen LogP) is 4.31.